The monoisotopic (exact) mass is 270 g/mol. The fourth-order valence-electron chi connectivity index (χ4n) is 3.40. The lowest BCUT2D eigenvalue weighted by Gasteiger charge is -2.51. The van der Waals surface area contributed by atoms with Crippen molar-refractivity contribution in [3.05, 3.63) is 0 Å². The fourth-order valence-corrected chi connectivity index (χ4v) is 3.40. The molecule has 0 aliphatic carbocycles. The van der Waals surface area contributed by atoms with Crippen LogP contribution in [-0.2, 0) is 0 Å². The normalized spacial score (nSPS) is 24.0. The Hall–Kier alpha value is -0.120. The predicted molar refractivity (Wildman–Crippen MR) is 81.5 cm³/mol. The second-order valence-electron chi connectivity index (χ2n) is 7.89. The van der Waals surface area contributed by atoms with E-state index < -0.39 is 0 Å². The Kier molecular flexibility index (Phi) is 5.84. The molecule has 3 heteroatoms. The molecule has 0 unspecified atom stereocenters. The van der Waals surface area contributed by atoms with Crippen molar-refractivity contribution in [1.82, 2.24) is 10.4 Å². The van der Waals surface area contributed by atoms with Crippen molar-refractivity contribution in [2.24, 2.45) is 5.92 Å². The molecular formula is C16H34N2O. The molecule has 0 amide bonds. The highest BCUT2D eigenvalue weighted by molar-refractivity contribution is 4.98. The summed E-state index contributed by atoms with van der Waals surface area (Å²) in [6.07, 6.45) is 5.93. The number of hydrogen-bond donors (Lipinski definition) is 2. The number of piperidine rings is 1. The maximum absolute atomic E-state index is 10.3. The summed E-state index contributed by atoms with van der Waals surface area (Å²) >= 11 is 0. The third-order valence-corrected chi connectivity index (χ3v) is 4.28. The highest BCUT2D eigenvalue weighted by Gasteiger charge is 2.44. The third kappa shape index (κ3) is 5.05. The van der Waals surface area contributed by atoms with E-state index in [0.717, 1.165) is 25.3 Å². The topological polar surface area (TPSA) is 35.5 Å². The van der Waals surface area contributed by atoms with Crippen LogP contribution in [0.2, 0.25) is 0 Å². The summed E-state index contributed by atoms with van der Waals surface area (Å²) in [4.78, 5) is 0. The number of nitrogens with one attached hydrogen (secondary N) is 1. The first kappa shape index (κ1) is 16.9. The standard InChI is InChI=1S/C16H34N2O/c1-13(2)9-7-8-10-17-14-11-15(3,4)18(19)16(5,6)12-14/h13-14,17,19H,7-12H2,1-6H3. The van der Waals surface area contributed by atoms with Crippen molar-refractivity contribution in [3.8, 4) is 0 Å². The number of rotatable bonds is 6. The Labute approximate surface area is 119 Å². The zero-order valence-electron chi connectivity index (χ0n) is 13.8. The van der Waals surface area contributed by atoms with Crippen LogP contribution in [-0.4, -0.2) is 33.9 Å². The number of hydroxylamine groups is 2. The molecule has 1 aliphatic rings. The lowest BCUT2D eigenvalue weighted by atomic mass is 9.79. The van der Waals surface area contributed by atoms with Crippen LogP contribution < -0.4 is 5.32 Å². The van der Waals surface area contributed by atoms with E-state index >= 15 is 0 Å². The van der Waals surface area contributed by atoms with Gasteiger partial charge in [-0.2, -0.15) is 5.06 Å². The highest BCUT2D eigenvalue weighted by atomic mass is 16.5. The summed E-state index contributed by atoms with van der Waals surface area (Å²) in [6.45, 7) is 14.2. The van der Waals surface area contributed by atoms with E-state index in [9.17, 15) is 5.21 Å². The van der Waals surface area contributed by atoms with E-state index in [0.29, 0.717) is 6.04 Å². The number of nitrogens with zero attached hydrogens (tertiary/aromatic N) is 1. The van der Waals surface area contributed by atoms with Crippen molar-refractivity contribution in [1.29, 1.82) is 0 Å². The molecule has 0 saturated carbocycles. The van der Waals surface area contributed by atoms with Crippen molar-refractivity contribution < 1.29 is 5.21 Å². The van der Waals surface area contributed by atoms with Gasteiger partial charge in [0.05, 0.1) is 0 Å². The van der Waals surface area contributed by atoms with Gasteiger partial charge in [-0.3, -0.25) is 0 Å². The largest absolute Gasteiger partial charge is 0.314 e. The summed E-state index contributed by atoms with van der Waals surface area (Å²) in [5.41, 5.74) is -0.283. The van der Waals surface area contributed by atoms with Gasteiger partial charge in [0, 0.05) is 17.1 Å². The molecule has 2 N–H and O–H groups in total. The van der Waals surface area contributed by atoms with Gasteiger partial charge in [0.15, 0.2) is 0 Å². The smallest absolute Gasteiger partial charge is 0.0425 e. The van der Waals surface area contributed by atoms with Gasteiger partial charge in [0.25, 0.3) is 0 Å². The van der Waals surface area contributed by atoms with Crippen LogP contribution in [0.3, 0.4) is 0 Å². The maximum Gasteiger partial charge on any atom is 0.0425 e. The number of unbranched alkanes of at least 4 members (excludes halogenated alkanes) is 1. The van der Waals surface area contributed by atoms with Gasteiger partial charge in [-0.25, -0.2) is 0 Å². The van der Waals surface area contributed by atoms with E-state index in [1.165, 1.54) is 19.3 Å². The van der Waals surface area contributed by atoms with Crippen LogP contribution in [0.1, 0.15) is 73.6 Å². The first-order chi connectivity index (χ1) is 8.65. The fraction of sp³-hybridized carbons (Fsp3) is 1.00. The molecule has 0 bridgehead atoms. The van der Waals surface area contributed by atoms with Gasteiger partial charge >= 0.3 is 0 Å². The van der Waals surface area contributed by atoms with Gasteiger partial charge < -0.3 is 10.5 Å². The molecule has 0 aromatic heterocycles. The van der Waals surface area contributed by atoms with E-state index in [4.69, 9.17) is 0 Å². The van der Waals surface area contributed by atoms with Crippen molar-refractivity contribution >= 4 is 0 Å². The summed E-state index contributed by atoms with van der Waals surface area (Å²) in [5, 5.41) is 15.5. The summed E-state index contributed by atoms with van der Waals surface area (Å²) in [6, 6.07) is 0.521. The molecule has 1 heterocycles. The SMILES string of the molecule is CC(C)CCCCNC1CC(C)(C)N(O)C(C)(C)C1. The Morgan fingerprint density at radius 3 is 2.11 bits per heavy atom. The van der Waals surface area contributed by atoms with Crippen LogP contribution in [0.25, 0.3) is 0 Å². The molecular weight excluding hydrogens is 236 g/mol. The van der Waals surface area contributed by atoms with Gasteiger partial charge in [0.2, 0.25) is 0 Å². The lowest BCUT2D eigenvalue weighted by molar-refractivity contribution is -0.246. The van der Waals surface area contributed by atoms with Crippen LogP contribution in [0.4, 0.5) is 0 Å². The molecule has 1 saturated heterocycles. The lowest BCUT2D eigenvalue weighted by Crippen LogP contribution is -2.62. The van der Waals surface area contributed by atoms with Crippen LogP contribution >= 0.6 is 0 Å². The molecule has 19 heavy (non-hydrogen) atoms. The molecule has 0 radical (unpaired) electrons. The van der Waals surface area contributed by atoms with Gasteiger partial charge in [-0.05, 0) is 59.4 Å². The van der Waals surface area contributed by atoms with Gasteiger partial charge in [-0.15, -0.1) is 0 Å². The average molecular weight is 270 g/mol. The minimum absolute atomic E-state index is 0.142. The van der Waals surface area contributed by atoms with Crippen molar-refractivity contribution in [2.45, 2.75) is 90.8 Å². The Balaban J connectivity index is 2.35. The Bertz CT molecular complexity index is 256. The first-order valence-corrected chi connectivity index (χ1v) is 7.88. The van der Waals surface area contributed by atoms with Crippen LogP contribution in [0.15, 0.2) is 0 Å². The summed E-state index contributed by atoms with van der Waals surface area (Å²) < 4.78 is 0. The molecule has 1 aliphatic heterocycles. The van der Waals surface area contributed by atoms with E-state index in [1.807, 2.05) is 0 Å². The number of hydrogen-bond acceptors (Lipinski definition) is 3. The Morgan fingerprint density at radius 1 is 1.11 bits per heavy atom. The minimum Gasteiger partial charge on any atom is -0.314 e. The zero-order valence-corrected chi connectivity index (χ0v) is 13.8. The van der Waals surface area contributed by atoms with Crippen LogP contribution in [0, 0.1) is 5.92 Å². The molecule has 0 atom stereocenters. The first-order valence-electron chi connectivity index (χ1n) is 7.88. The molecule has 1 fully saturated rings. The quantitative estimate of drug-likeness (QED) is 0.720. The Morgan fingerprint density at radius 2 is 1.63 bits per heavy atom. The minimum atomic E-state index is -0.142. The molecule has 0 aromatic carbocycles. The zero-order chi connectivity index (χ0) is 14.7. The van der Waals surface area contributed by atoms with E-state index in [1.54, 1.807) is 5.06 Å². The summed E-state index contributed by atoms with van der Waals surface area (Å²) in [7, 11) is 0. The molecule has 114 valence electrons. The maximum atomic E-state index is 10.3. The predicted octanol–water partition coefficient (Wildman–Crippen LogP) is 3.81. The average Bonchev–Trinajstić information content (AvgIpc) is 2.24. The molecule has 0 aromatic rings. The molecule has 1 rings (SSSR count). The van der Waals surface area contributed by atoms with Crippen LogP contribution in [0.5, 0.6) is 0 Å². The second kappa shape index (κ2) is 6.55. The second-order valence-corrected chi connectivity index (χ2v) is 7.89. The van der Waals surface area contributed by atoms with Gasteiger partial charge in [0.1, 0.15) is 0 Å². The van der Waals surface area contributed by atoms with E-state index in [-0.39, 0.29) is 11.1 Å². The third-order valence-electron chi connectivity index (χ3n) is 4.28. The van der Waals surface area contributed by atoms with Crippen molar-refractivity contribution in [3.63, 3.8) is 0 Å². The van der Waals surface area contributed by atoms with E-state index in [2.05, 4.69) is 46.9 Å². The molecule has 3 nitrogen and oxygen atoms in total. The van der Waals surface area contributed by atoms with Gasteiger partial charge in [-0.1, -0.05) is 26.7 Å². The molecule has 0 spiro atoms. The van der Waals surface area contributed by atoms with Crippen molar-refractivity contribution in [2.75, 3.05) is 6.54 Å². The summed E-state index contributed by atoms with van der Waals surface area (Å²) in [5.74, 6) is 0.815. The highest BCUT2D eigenvalue weighted by Crippen LogP contribution is 2.36.